The van der Waals surface area contributed by atoms with Crippen LogP contribution in [-0.2, 0) is 22.7 Å². The summed E-state index contributed by atoms with van der Waals surface area (Å²) in [5, 5.41) is 7.02. The van der Waals surface area contributed by atoms with Gasteiger partial charge < -0.3 is 10.2 Å². The van der Waals surface area contributed by atoms with Crippen LogP contribution in [0.5, 0.6) is 0 Å². The monoisotopic (exact) mass is 421 g/mol. The van der Waals surface area contributed by atoms with Crippen LogP contribution in [0.15, 0.2) is 66.1 Å². The third kappa shape index (κ3) is 5.07. The number of thioether (sulfide) groups is 1. The number of amides is 2. The van der Waals surface area contributed by atoms with E-state index in [1.165, 1.54) is 6.33 Å². The first-order valence-corrected chi connectivity index (χ1v) is 10.9. The molecule has 0 fully saturated rings. The number of carbonyl (C=O) groups is 2. The van der Waals surface area contributed by atoms with Crippen LogP contribution in [0.2, 0.25) is 0 Å². The minimum absolute atomic E-state index is 0.00673. The van der Waals surface area contributed by atoms with E-state index < -0.39 is 0 Å². The standard InChI is InChI=1S/C22H23N5O2S/c28-21(8-9-22(29)27-10-11-30-20-7-2-1-6-19(20)27)24-13-17-4-3-5-18(12-17)14-26-16-23-15-25-26/h1-7,12,15-16H,8-11,13-14H2,(H,24,28). The van der Waals surface area contributed by atoms with Crippen LogP contribution >= 0.6 is 11.8 Å². The number of anilines is 1. The van der Waals surface area contributed by atoms with Gasteiger partial charge in [-0.05, 0) is 23.3 Å². The van der Waals surface area contributed by atoms with Gasteiger partial charge in [-0.15, -0.1) is 11.8 Å². The van der Waals surface area contributed by atoms with Gasteiger partial charge in [0.1, 0.15) is 12.7 Å². The third-order valence-electron chi connectivity index (χ3n) is 4.89. The molecule has 3 aromatic rings. The Hall–Kier alpha value is -3.13. The van der Waals surface area contributed by atoms with Crippen molar-refractivity contribution in [3.63, 3.8) is 0 Å². The van der Waals surface area contributed by atoms with E-state index in [4.69, 9.17) is 0 Å². The Bertz CT molecular complexity index is 1020. The van der Waals surface area contributed by atoms with Gasteiger partial charge in [0.2, 0.25) is 11.8 Å². The highest BCUT2D eigenvalue weighted by Crippen LogP contribution is 2.34. The van der Waals surface area contributed by atoms with Gasteiger partial charge in [-0.1, -0.05) is 36.4 Å². The molecule has 0 radical (unpaired) electrons. The van der Waals surface area contributed by atoms with Crippen LogP contribution in [0.1, 0.15) is 24.0 Å². The summed E-state index contributed by atoms with van der Waals surface area (Å²) in [6.07, 6.45) is 3.57. The van der Waals surface area contributed by atoms with Gasteiger partial charge in [0, 0.05) is 36.6 Å². The highest BCUT2D eigenvalue weighted by atomic mass is 32.2. The molecule has 4 rings (SSSR count). The average Bonchev–Trinajstić information content (AvgIpc) is 3.29. The zero-order valence-corrected chi connectivity index (χ0v) is 17.3. The lowest BCUT2D eigenvalue weighted by molar-refractivity contribution is -0.125. The predicted molar refractivity (Wildman–Crippen MR) is 116 cm³/mol. The van der Waals surface area contributed by atoms with Gasteiger partial charge in [0.15, 0.2) is 0 Å². The largest absolute Gasteiger partial charge is 0.352 e. The van der Waals surface area contributed by atoms with Crippen molar-refractivity contribution >= 4 is 29.3 Å². The van der Waals surface area contributed by atoms with Crippen LogP contribution < -0.4 is 10.2 Å². The van der Waals surface area contributed by atoms with Crippen LogP contribution in [-0.4, -0.2) is 38.9 Å². The summed E-state index contributed by atoms with van der Waals surface area (Å²) >= 11 is 1.76. The number of carbonyl (C=O) groups excluding carboxylic acids is 2. The second-order valence-electron chi connectivity index (χ2n) is 7.05. The maximum atomic E-state index is 12.7. The topological polar surface area (TPSA) is 80.1 Å². The van der Waals surface area contributed by atoms with Gasteiger partial charge in [0.05, 0.1) is 12.2 Å². The highest BCUT2D eigenvalue weighted by Gasteiger charge is 2.22. The maximum Gasteiger partial charge on any atom is 0.227 e. The van der Waals surface area contributed by atoms with E-state index in [9.17, 15) is 9.59 Å². The fourth-order valence-corrected chi connectivity index (χ4v) is 4.41. The lowest BCUT2D eigenvalue weighted by Gasteiger charge is -2.29. The first kappa shape index (κ1) is 20.2. The molecule has 1 aliphatic rings. The van der Waals surface area contributed by atoms with E-state index in [0.29, 0.717) is 19.6 Å². The van der Waals surface area contributed by atoms with Crippen molar-refractivity contribution in [3.05, 3.63) is 72.3 Å². The van der Waals surface area contributed by atoms with Crippen LogP contribution in [0.4, 0.5) is 5.69 Å². The molecule has 2 heterocycles. The number of fused-ring (bicyclic) bond motifs is 1. The van der Waals surface area contributed by atoms with E-state index in [-0.39, 0.29) is 24.7 Å². The van der Waals surface area contributed by atoms with E-state index in [1.807, 2.05) is 48.5 Å². The number of para-hydroxylation sites is 1. The minimum atomic E-state index is -0.121. The molecule has 8 heteroatoms. The van der Waals surface area contributed by atoms with Crippen molar-refractivity contribution in [3.8, 4) is 0 Å². The summed E-state index contributed by atoms with van der Waals surface area (Å²) < 4.78 is 1.75. The molecule has 7 nitrogen and oxygen atoms in total. The van der Waals surface area contributed by atoms with E-state index in [1.54, 1.807) is 27.7 Å². The lowest BCUT2D eigenvalue weighted by atomic mass is 10.1. The first-order chi connectivity index (χ1) is 14.7. The molecule has 1 aliphatic heterocycles. The average molecular weight is 422 g/mol. The molecular weight excluding hydrogens is 398 g/mol. The molecule has 0 aliphatic carbocycles. The molecular formula is C22H23N5O2S. The summed E-state index contributed by atoms with van der Waals surface area (Å²) in [5.74, 6) is 0.748. The smallest absolute Gasteiger partial charge is 0.227 e. The Labute approximate surface area is 179 Å². The summed E-state index contributed by atoms with van der Waals surface area (Å²) in [7, 11) is 0. The fraction of sp³-hybridized carbons (Fsp3) is 0.273. The first-order valence-electron chi connectivity index (χ1n) is 9.88. The molecule has 0 saturated heterocycles. The van der Waals surface area contributed by atoms with Gasteiger partial charge in [0.25, 0.3) is 0 Å². The Morgan fingerprint density at radius 3 is 2.80 bits per heavy atom. The van der Waals surface area contributed by atoms with Crippen LogP contribution in [0.3, 0.4) is 0 Å². The van der Waals surface area contributed by atoms with Crippen molar-refractivity contribution in [2.24, 2.45) is 0 Å². The number of rotatable bonds is 7. The van der Waals surface area contributed by atoms with Crippen LogP contribution in [0, 0.1) is 0 Å². The van der Waals surface area contributed by atoms with Gasteiger partial charge >= 0.3 is 0 Å². The highest BCUT2D eigenvalue weighted by molar-refractivity contribution is 7.99. The zero-order valence-electron chi connectivity index (χ0n) is 16.5. The molecule has 0 bridgehead atoms. The number of aromatic nitrogens is 3. The second kappa shape index (κ2) is 9.58. The van der Waals surface area contributed by atoms with E-state index in [0.717, 1.165) is 27.5 Å². The number of nitrogens with zero attached hydrogens (tertiary/aromatic N) is 4. The molecule has 0 atom stereocenters. The van der Waals surface area contributed by atoms with Gasteiger partial charge in [-0.2, -0.15) is 5.10 Å². The molecule has 2 aromatic carbocycles. The van der Waals surface area contributed by atoms with Crippen molar-refractivity contribution in [2.75, 3.05) is 17.2 Å². The Morgan fingerprint density at radius 1 is 1.07 bits per heavy atom. The molecule has 30 heavy (non-hydrogen) atoms. The number of hydrogen-bond donors (Lipinski definition) is 1. The van der Waals surface area contributed by atoms with Crippen molar-refractivity contribution in [1.29, 1.82) is 0 Å². The normalized spacial score (nSPS) is 13.0. The van der Waals surface area contributed by atoms with Crippen molar-refractivity contribution in [2.45, 2.75) is 30.8 Å². The molecule has 2 amide bonds. The lowest BCUT2D eigenvalue weighted by Crippen LogP contribution is -2.36. The molecule has 0 spiro atoms. The summed E-state index contributed by atoms with van der Waals surface area (Å²) in [5.41, 5.74) is 3.04. The Balaban J connectivity index is 1.26. The summed E-state index contributed by atoms with van der Waals surface area (Å²) in [6, 6.07) is 15.9. The molecule has 154 valence electrons. The Kier molecular flexibility index (Phi) is 6.44. The number of benzene rings is 2. The third-order valence-corrected chi connectivity index (χ3v) is 5.93. The number of nitrogens with one attached hydrogen (secondary N) is 1. The van der Waals surface area contributed by atoms with Gasteiger partial charge in [-0.3, -0.25) is 9.59 Å². The minimum Gasteiger partial charge on any atom is -0.352 e. The molecule has 0 saturated carbocycles. The Morgan fingerprint density at radius 2 is 1.93 bits per heavy atom. The van der Waals surface area contributed by atoms with Crippen molar-refractivity contribution < 1.29 is 9.59 Å². The predicted octanol–water partition coefficient (Wildman–Crippen LogP) is 2.86. The fourth-order valence-electron chi connectivity index (χ4n) is 3.41. The van der Waals surface area contributed by atoms with Crippen LogP contribution in [0.25, 0.3) is 0 Å². The zero-order chi connectivity index (χ0) is 20.8. The van der Waals surface area contributed by atoms with E-state index >= 15 is 0 Å². The molecule has 0 unspecified atom stereocenters. The van der Waals surface area contributed by atoms with Gasteiger partial charge in [-0.25, -0.2) is 9.67 Å². The SMILES string of the molecule is O=C(CCC(=O)N1CCSc2ccccc21)NCc1cccc(Cn2cncn2)c1. The van der Waals surface area contributed by atoms with E-state index in [2.05, 4.69) is 15.4 Å². The molecule has 1 aromatic heterocycles. The molecule has 1 N–H and O–H groups in total. The second-order valence-corrected chi connectivity index (χ2v) is 8.19. The maximum absolute atomic E-state index is 12.7. The quantitative estimate of drug-likeness (QED) is 0.635. The summed E-state index contributed by atoms with van der Waals surface area (Å²) in [6.45, 7) is 1.74. The number of hydrogen-bond acceptors (Lipinski definition) is 5. The van der Waals surface area contributed by atoms with Crippen molar-refractivity contribution in [1.82, 2.24) is 20.1 Å². The summed E-state index contributed by atoms with van der Waals surface area (Å²) in [4.78, 5) is 31.8.